The highest BCUT2D eigenvalue weighted by Crippen LogP contribution is 2.14. The Morgan fingerprint density at radius 2 is 2.11 bits per heavy atom. The lowest BCUT2D eigenvalue weighted by molar-refractivity contribution is 0.102. The van der Waals surface area contributed by atoms with E-state index >= 15 is 0 Å². The third-order valence-electron chi connectivity index (χ3n) is 2.75. The first kappa shape index (κ1) is 11.9. The highest BCUT2D eigenvalue weighted by molar-refractivity contribution is 9.10. The van der Waals surface area contributed by atoms with Gasteiger partial charge in [0.15, 0.2) is 0 Å². The van der Waals surface area contributed by atoms with Gasteiger partial charge in [0.05, 0.1) is 11.7 Å². The molecule has 0 aliphatic rings. The molecule has 0 unspecified atom stereocenters. The van der Waals surface area contributed by atoms with Gasteiger partial charge in [-0.05, 0) is 30.3 Å². The summed E-state index contributed by atoms with van der Waals surface area (Å²) in [7, 11) is 0. The molecular formula is C14H10BrN3O. The fourth-order valence-electron chi connectivity index (χ4n) is 1.84. The zero-order chi connectivity index (χ0) is 13.2. The average Bonchev–Trinajstić information content (AvgIpc) is 2.82. The fraction of sp³-hybridized carbons (Fsp3) is 0. The average molecular weight is 316 g/mol. The molecule has 0 aliphatic heterocycles. The van der Waals surface area contributed by atoms with Crippen molar-refractivity contribution in [2.45, 2.75) is 0 Å². The normalized spacial score (nSPS) is 10.6. The number of carbonyl (C=O) groups is 1. The third kappa shape index (κ3) is 2.37. The van der Waals surface area contributed by atoms with Crippen molar-refractivity contribution in [1.82, 2.24) is 9.38 Å². The largest absolute Gasteiger partial charge is 0.292 e. The minimum absolute atomic E-state index is 0.183. The van der Waals surface area contributed by atoms with Crippen LogP contribution >= 0.6 is 15.9 Å². The Morgan fingerprint density at radius 3 is 2.95 bits per heavy atom. The highest BCUT2D eigenvalue weighted by atomic mass is 79.9. The van der Waals surface area contributed by atoms with Gasteiger partial charge < -0.3 is 0 Å². The van der Waals surface area contributed by atoms with Gasteiger partial charge in [0.1, 0.15) is 0 Å². The van der Waals surface area contributed by atoms with Crippen LogP contribution in [-0.2, 0) is 0 Å². The summed E-state index contributed by atoms with van der Waals surface area (Å²) in [5, 5.41) is 2.80. The standard InChI is InChI=1S/C14H10BrN3O/c15-11-5-3-4-10(8-11)13(19)17-14-16-9-12-6-1-2-7-18(12)14/h1-9H,(H,16,17,19). The van der Waals surface area contributed by atoms with Gasteiger partial charge in [0.25, 0.3) is 5.91 Å². The van der Waals surface area contributed by atoms with Gasteiger partial charge in [-0.3, -0.25) is 14.5 Å². The molecule has 1 aromatic carbocycles. The minimum Gasteiger partial charge on any atom is -0.292 e. The van der Waals surface area contributed by atoms with Gasteiger partial charge in [0.2, 0.25) is 5.95 Å². The molecule has 2 aromatic heterocycles. The molecule has 0 saturated carbocycles. The second-order valence-corrected chi connectivity index (χ2v) is 4.96. The van der Waals surface area contributed by atoms with Crippen molar-refractivity contribution in [2.75, 3.05) is 5.32 Å². The van der Waals surface area contributed by atoms with E-state index in [0.29, 0.717) is 11.5 Å². The van der Waals surface area contributed by atoms with E-state index in [4.69, 9.17) is 0 Å². The van der Waals surface area contributed by atoms with Crippen molar-refractivity contribution in [3.8, 4) is 0 Å². The van der Waals surface area contributed by atoms with Crippen LogP contribution < -0.4 is 5.32 Å². The lowest BCUT2D eigenvalue weighted by Crippen LogP contribution is -2.14. The minimum atomic E-state index is -0.183. The Kier molecular flexibility index (Phi) is 3.05. The van der Waals surface area contributed by atoms with Crippen LogP contribution in [0.15, 0.2) is 59.3 Å². The third-order valence-corrected chi connectivity index (χ3v) is 3.24. The number of hydrogen-bond donors (Lipinski definition) is 1. The Labute approximate surface area is 118 Å². The maximum absolute atomic E-state index is 12.1. The Bertz CT molecular complexity index is 751. The number of nitrogens with zero attached hydrogens (tertiary/aromatic N) is 2. The SMILES string of the molecule is O=C(Nc1ncc2ccccn12)c1cccc(Br)c1. The van der Waals surface area contributed by atoms with Crippen LogP contribution in [0.5, 0.6) is 0 Å². The Morgan fingerprint density at radius 1 is 1.21 bits per heavy atom. The van der Waals surface area contributed by atoms with Crippen molar-refractivity contribution in [1.29, 1.82) is 0 Å². The Hall–Kier alpha value is -2.14. The Balaban J connectivity index is 1.91. The highest BCUT2D eigenvalue weighted by Gasteiger charge is 2.09. The lowest BCUT2D eigenvalue weighted by Gasteiger charge is -2.04. The van der Waals surface area contributed by atoms with Crippen LogP contribution in [-0.4, -0.2) is 15.3 Å². The second-order valence-electron chi connectivity index (χ2n) is 4.04. The van der Waals surface area contributed by atoms with Gasteiger partial charge in [-0.15, -0.1) is 0 Å². The van der Waals surface area contributed by atoms with E-state index in [1.54, 1.807) is 18.3 Å². The van der Waals surface area contributed by atoms with Crippen molar-refractivity contribution >= 4 is 33.3 Å². The number of rotatable bonds is 2. The quantitative estimate of drug-likeness (QED) is 0.788. The van der Waals surface area contributed by atoms with Crippen molar-refractivity contribution in [3.63, 3.8) is 0 Å². The molecule has 19 heavy (non-hydrogen) atoms. The summed E-state index contributed by atoms with van der Waals surface area (Å²) in [6.45, 7) is 0. The number of imidazole rings is 1. The first-order valence-electron chi connectivity index (χ1n) is 5.73. The van der Waals surface area contributed by atoms with Crippen molar-refractivity contribution in [2.24, 2.45) is 0 Å². The lowest BCUT2D eigenvalue weighted by atomic mass is 10.2. The summed E-state index contributed by atoms with van der Waals surface area (Å²) in [6, 6.07) is 13.0. The predicted octanol–water partition coefficient (Wildman–Crippen LogP) is 3.35. The van der Waals surface area contributed by atoms with Crippen LogP contribution in [0, 0.1) is 0 Å². The molecule has 0 fully saturated rings. The van der Waals surface area contributed by atoms with Crippen molar-refractivity contribution < 1.29 is 4.79 Å². The molecule has 0 spiro atoms. The second kappa shape index (κ2) is 4.85. The number of hydrogen-bond acceptors (Lipinski definition) is 2. The molecule has 0 aliphatic carbocycles. The molecular weight excluding hydrogens is 306 g/mol. The summed E-state index contributed by atoms with van der Waals surface area (Å²) < 4.78 is 2.70. The number of pyridine rings is 1. The number of halogens is 1. The molecule has 3 aromatic rings. The summed E-state index contributed by atoms with van der Waals surface area (Å²) >= 11 is 3.35. The first-order valence-corrected chi connectivity index (χ1v) is 6.52. The monoisotopic (exact) mass is 315 g/mol. The van der Waals surface area contributed by atoms with Crippen LogP contribution in [0.25, 0.3) is 5.52 Å². The number of anilines is 1. The van der Waals surface area contributed by atoms with E-state index in [1.165, 1.54) is 0 Å². The number of nitrogens with one attached hydrogen (secondary N) is 1. The molecule has 94 valence electrons. The maximum atomic E-state index is 12.1. The van der Waals surface area contributed by atoms with E-state index < -0.39 is 0 Å². The molecule has 1 N–H and O–H groups in total. The molecule has 0 radical (unpaired) electrons. The summed E-state index contributed by atoms with van der Waals surface area (Å²) in [5.74, 6) is 0.332. The summed E-state index contributed by atoms with van der Waals surface area (Å²) in [6.07, 6.45) is 3.58. The summed E-state index contributed by atoms with van der Waals surface area (Å²) in [5.41, 5.74) is 1.52. The van der Waals surface area contributed by atoms with E-state index in [1.807, 2.05) is 40.9 Å². The fourth-order valence-corrected chi connectivity index (χ4v) is 2.24. The van der Waals surface area contributed by atoms with E-state index in [-0.39, 0.29) is 5.91 Å². The van der Waals surface area contributed by atoms with Gasteiger partial charge in [-0.25, -0.2) is 4.98 Å². The zero-order valence-electron chi connectivity index (χ0n) is 9.88. The molecule has 0 bridgehead atoms. The first-order chi connectivity index (χ1) is 9.24. The number of amides is 1. The zero-order valence-corrected chi connectivity index (χ0v) is 11.5. The predicted molar refractivity (Wildman–Crippen MR) is 77.3 cm³/mol. The number of carbonyl (C=O) groups excluding carboxylic acids is 1. The van der Waals surface area contributed by atoms with Crippen LogP contribution in [0.2, 0.25) is 0 Å². The van der Waals surface area contributed by atoms with Gasteiger partial charge >= 0.3 is 0 Å². The number of aromatic nitrogens is 2. The van der Waals surface area contributed by atoms with Crippen LogP contribution in [0.1, 0.15) is 10.4 Å². The maximum Gasteiger partial charge on any atom is 0.258 e. The van der Waals surface area contributed by atoms with Gasteiger partial charge in [0, 0.05) is 16.2 Å². The molecule has 4 nitrogen and oxygen atoms in total. The molecule has 5 heteroatoms. The number of benzene rings is 1. The molecule has 2 heterocycles. The van der Waals surface area contributed by atoms with E-state index in [2.05, 4.69) is 26.2 Å². The van der Waals surface area contributed by atoms with Gasteiger partial charge in [-0.1, -0.05) is 28.1 Å². The smallest absolute Gasteiger partial charge is 0.258 e. The molecule has 0 saturated heterocycles. The molecule has 3 rings (SSSR count). The van der Waals surface area contributed by atoms with Crippen molar-refractivity contribution in [3.05, 3.63) is 64.9 Å². The number of fused-ring (bicyclic) bond motifs is 1. The van der Waals surface area contributed by atoms with Gasteiger partial charge in [-0.2, -0.15) is 0 Å². The van der Waals surface area contributed by atoms with E-state index in [0.717, 1.165) is 9.99 Å². The molecule has 0 atom stereocenters. The van der Waals surface area contributed by atoms with Crippen LogP contribution in [0.4, 0.5) is 5.95 Å². The van der Waals surface area contributed by atoms with Crippen LogP contribution in [0.3, 0.4) is 0 Å². The molecule has 1 amide bonds. The summed E-state index contributed by atoms with van der Waals surface area (Å²) in [4.78, 5) is 16.3. The van der Waals surface area contributed by atoms with E-state index in [9.17, 15) is 4.79 Å². The topological polar surface area (TPSA) is 46.4 Å².